The molecule has 0 unspecified atom stereocenters. The Labute approximate surface area is 133 Å². The molecule has 0 aromatic carbocycles. The Bertz CT molecular complexity index is 763. The van der Waals surface area contributed by atoms with Crippen LogP contribution in [-0.4, -0.2) is 38.7 Å². The van der Waals surface area contributed by atoms with Crippen molar-refractivity contribution in [2.24, 2.45) is 18.8 Å². The second-order valence-corrected chi connectivity index (χ2v) is 5.55. The van der Waals surface area contributed by atoms with Crippen LogP contribution >= 0.6 is 0 Å². The van der Waals surface area contributed by atoms with Gasteiger partial charge in [-0.15, -0.1) is 0 Å². The number of carbonyl (C=O) groups is 1. The molecule has 0 bridgehead atoms. The van der Waals surface area contributed by atoms with E-state index in [9.17, 15) is 4.79 Å². The maximum atomic E-state index is 12.5. The van der Waals surface area contributed by atoms with Crippen LogP contribution in [0, 0.1) is 17.4 Å². The molecular weight excluding hydrogens is 294 g/mol. The monoisotopic (exact) mass is 311 g/mol. The fourth-order valence-electron chi connectivity index (χ4n) is 2.66. The minimum atomic E-state index is -0.275. The Morgan fingerprint density at radius 1 is 1.52 bits per heavy atom. The first-order chi connectivity index (χ1) is 11.1. The van der Waals surface area contributed by atoms with Gasteiger partial charge >= 0.3 is 0 Å². The van der Waals surface area contributed by atoms with Crippen LogP contribution in [0.25, 0.3) is 11.1 Å². The molecule has 118 valence electrons. The number of nitriles is 1. The van der Waals surface area contributed by atoms with Crippen LogP contribution in [0.4, 0.5) is 5.82 Å². The number of nitrogens with two attached hydrogens (primary N) is 1. The number of carbonyl (C=O) groups excluding carboxylic acids is 1. The van der Waals surface area contributed by atoms with Crippen LogP contribution < -0.4 is 10.9 Å². The molecule has 0 aliphatic carbocycles. The molecule has 1 amide bonds. The number of hydrogen-bond acceptors (Lipinski definition) is 6. The minimum Gasteiger partial charge on any atom is -0.310 e. The van der Waals surface area contributed by atoms with Crippen molar-refractivity contribution in [2.75, 3.05) is 18.1 Å². The Hall–Kier alpha value is -2.92. The van der Waals surface area contributed by atoms with Gasteiger partial charge in [0.25, 0.3) is 0 Å². The summed E-state index contributed by atoms with van der Waals surface area (Å²) in [6.45, 7) is 0.995. The van der Waals surface area contributed by atoms with Gasteiger partial charge in [-0.3, -0.25) is 9.48 Å². The van der Waals surface area contributed by atoms with Crippen molar-refractivity contribution in [1.29, 1.82) is 5.26 Å². The fraction of sp³-hybridized carbons (Fsp3) is 0.333. The molecule has 2 aromatic heterocycles. The topological polar surface area (TPSA) is 104 Å². The highest BCUT2D eigenvalue weighted by Gasteiger charge is 2.31. The number of pyridine rings is 1. The zero-order valence-electron chi connectivity index (χ0n) is 12.8. The molecule has 23 heavy (non-hydrogen) atoms. The largest absolute Gasteiger partial charge is 0.310 e. The molecule has 0 saturated carbocycles. The highest BCUT2D eigenvalue weighted by atomic mass is 16.2. The van der Waals surface area contributed by atoms with Gasteiger partial charge in [0.15, 0.2) is 6.19 Å². The summed E-state index contributed by atoms with van der Waals surface area (Å²) in [5.41, 5.74) is 1.81. The number of rotatable bonds is 3. The summed E-state index contributed by atoms with van der Waals surface area (Å²) >= 11 is 0. The molecular formula is C15H17N7O. The quantitative estimate of drug-likeness (QED) is 0.383. The van der Waals surface area contributed by atoms with Crippen LogP contribution in [0.5, 0.6) is 0 Å². The standard InChI is InChI=1S/C15H17N7O/c1-20-8-13(7-19-20)11-2-4-18-14(6-11)22(17)15(23)12-3-5-21(9-12)10-16/h2,4,6-8,12H,3,5,9,17H2,1H3/t12-/m0/s1. The van der Waals surface area contributed by atoms with Gasteiger partial charge in [-0.05, 0) is 24.1 Å². The molecule has 2 N–H and O–H groups in total. The van der Waals surface area contributed by atoms with Gasteiger partial charge in [-0.1, -0.05) is 0 Å². The van der Waals surface area contributed by atoms with Crippen molar-refractivity contribution in [3.63, 3.8) is 0 Å². The number of hydrazine groups is 1. The highest BCUT2D eigenvalue weighted by Crippen LogP contribution is 2.23. The van der Waals surface area contributed by atoms with E-state index in [1.807, 2.05) is 19.3 Å². The molecule has 1 atom stereocenters. The van der Waals surface area contributed by atoms with Gasteiger partial charge in [0.2, 0.25) is 5.91 Å². The number of hydrogen-bond donors (Lipinski definition) is 1. The van der Waals surface area contributed by atoms with E-state index in [1.54, 1.807) is 28.0 Å². The lowest BCUT2D eigenvalue weighted by atomic mass is 10.1. The smallest absolute Gasteiger partial charge is 0.247 e. The average molecular weight is 311 g/mol. The van der Waals surface area contributed by atoms with Crippen molar-refractivity contribution in [3.8, 4) is 17.3 Å². The van der Waals surface area contributed by atoms with Gasteiger partial charge in [0.1, 0.15) is 5.82 Å². The molecule has 1 aliphatic heterocycles. The Morgan fingerprint density at radius 3 is 3.00 bits per heavy atom. The molecule has 1 fully saturated rings. The third-order valence-corrected chi connectivity index (χ3v) is 3.95. The zero-order valence-corrected chi connectivity index (χ0v) is 12.8. The van der Waals surface area contributed by atoms with E-state index in [0.29, 0.717) is 25.3 Å². The van der Waals surface area contributed by atoms with E-state index in [-0.39, 0.29) is 11.8 Å². The molecule has 1 aliphatic rings. The summed E-state index contributed by atoms with van der Waals surface area (Å²) in [6.07, 6.45) is 7.91. The lowest BCUT2D eigenvalue weighted by Gasteiger charge is -2.19. The van der Waals surface area contributed by atoms with Crippen LogP contribution in [-0.2, 0) is 11.8 Å². The summed E-state index contributed by atoms with van der Waals surface area (Å²) in [5, 5.41) is 14.1. The first-order valence-corrected chi connectivity index (χ1v) is 7.27. The summed E-state index contributed by atoms with van der Waals surface area (Å²) < 4.78 is 1.70. The predicted octanol–water partition coefficient (Wildman–Crippen LogP) is 0.492. The van der Waals surface area contributed by atoms with E-state index in [4.69, 9.17) is 11.1 Å². The number of nitrogens with zero attached hydrogens (tertiary/aromatic N) is 6. The predicted molar refractivity (Wildman–Crippen MR) is 83.4 cm³/mol. The van der Waals surface area contributed by atoms with Crippen molar-refractivity contribution in [3.05, 3.63) is 30.7 Å². The van der Waals surface area contributed by atoms with E-state index in [2.05, 4.69) is 16.3 Å². The van der Waals surface area contributed by atoms with Crippen molar-refractivity contribution in [1.82, 2.24) is 19.7 Å². The fourth-order valence-corrected chi connectivity index (χ4v) is 2.66. The number of aromatic nitrogens is 3. The van der Waals surface area contributed by atoms with E-state index >= 15 is 0 Å². The molecule has 0 spiro atoms. The molecule has 8 nitrogen and oxygen atoms in total. The Morgan fingerprint density at radius 2 is 2.35 bits per heavy atom. The molecule has 1 saturated heterocycles. The van der Waals surface area contributed by atoms with Gasteiger partial charge in [0.05, 0.1) is 12.1 Å². The second-order valence-electron chi connectivity index (χ2n) is 5.55. The molecule has 3 rings (SSSR count). The first kappa shape index (κ1) is 15.0. The van der Waals surface area contributed by atoms with Crippen LogP contribution in [0.3, 0.4) is 0 Å². The lowest BCUT2D eigenvalue weighted by molar-refractivity contribution is -0.122. The number of anilines is 1. The normalized spacial score (nSPS) is 17.1. The van der Waals surface area contributed by atoms with Crippen LogP contribution in [0.1, 0.15) is 6.42 Å². The third-order valence-electron chi connectivity index (χ3n) is 3.95. The summed E-state index contributed by atoms with van der Waals surface area (Å²) in [6, 6.07) is 3.59. The van der Waals surface area contributed by atoms with Crippen LogP contribution in [0.15, 0.2) is 30.7 Å². The van der Waals surface area contributed by atoms with E-state index < -0.39 is 0 Å². The van der Waals surface area contributed by atoms with Gasteiger partial charge in [-0.2, -0.15) is 10.4 Å². The molecule has 3 heterocycles. The summed E-state index contributed by atoms with van der Waals surface area (Å²) in [4.78, 5) is 18.2. The van der Waals surface area contributed by atoms with Gasteiger partial charge < -0.3 is 4.90 Å². The SMILES string of the molecule is Cn1cc(-c2ccnc(N(N)C(=O)[C@H]3CCN(C#N)C3)c2)cn1. The zero-order chi connectivity index (χ0) is 16.4. The Balaban J connectivity index is 1.79. The third kappa shape index (κ3) is 3.00. The van der Waals surface area contributed by atoms with Crippen molar-refractivity contribution >= 4 is 11.7 Å². The molecule has 2 aromatic rings. The number of aryl methyl sites for hydroxylation is 1. The second kappa shape index (κ2) is 6.06. The molecule has 0 radical (unpaired) electrons. The molecule has 8 heteroatoms. The highest BCUT2D eigenvalue weighted by molar-refractivity contribution is 5.93. The van der Waals surface area contributed by atoms with E-state index in [0.717, 1.165) is 16.1 Å². The van der Waals surface area contributed by atoms with Crippen LogP contribution in [0.2, 0.25) is 0 Å². The minimum absolute atomic E-state index is 0.224. The van der Waals surface area contributed by atoms with Gasteiger partial charge in [-0.25, -0.2) is 15.8 Å². The lowest BCUT2D eigenvalue weighted by Crippen LogP contribution is -2.42. The summed E-state index contributed by atoms with van der Waals surface area (Å²) in [5.74, 6) is 5.84. The van der Waals surface area contributed by atoms with E-state index in [1.165, 1.54) is 0 Å². The van der Waals surface area contributed by atoms with Gasteiger partial charge in [0, 0.05) is 38.1 Å². The summed E-state index contributed by atoms with van der Waals surface area (Å²) in [7, 11) is 1.84. The average Bonchev–Trinajstić information content (AvgIpc) is 3.22. The maximum Gasteiger partial charge on any atom is 0.247 e. The number of likely N-dealkylation sites (tertiary alicyclic amines) is 1. The van der Waals surface area contributed by atoms with Crippen molar-refractivity contribution in [2.45, 2.75) is 6.42 Å². The Kier molecular flexibility index (Phi) is 3.95. The van der Waals surface area contributed by atoms with Crippen molar-refractivity contribution < 1.29 is 4.79 Å². The first-order valence-electron chi connectivity index (χ1n) is 7.27. The maximum absolute atomic E-state index is 12.5. The number of amides is 1.